The Morgan fingerprint density at radius 1 is 1.26 bits per heavy atom. The van der Waals surface area contributed by atoms with E-state index in [1.807, 2.05) is 25.3 Å². The zero-order valence-corrected chi connectivity index (χ0v) is 16.0. The zero-order chi connectivity index (χ0) is 19.2. The second kappa shape index (κ2) is 9.14. The van der Waals surface area contributed by atoms with Crippen LogP contribution in [0.4, 0.5) is 10.6 Å². The van der Waals surface area contributed by atoms with Gasteiger partial charge in [-0.2, -0.15) is 0 Å². The summed E-state index contributed by atoms with van der Waals surface area (Å²) in [7, 11) is 0. The topological polar surface area (TPSA) is 94.8 Å². The molecule has 8 nitrogen and oxygen atoms in total. The lowest BCUT2D eigenvalue weighted by atomic mass is 9.96. The maximum absolute atomic E-state index is 12.0. The Morgan fingerprint density at radius 3 is 2.70 bits per heavy atom. The number of piperazine rings is 1. The predicted octanol–water partition coefficient (Wildman–Crippen LogP) is 0.499. The highest BCUT2D eigenvalue weighted by Crippen LogP contribution is 2.21. The smallest absolute Gasteiger partial charge is 0.318 e. The zero-order valence-electron chi connectivity index (χ0n) is 16.0. The minimum absolute atomic E-state index is 0.313. The molecule has 148 valence electrons. The number of likely N-dealkylation sites (tertiary alicyclic amines) is 1. The number of piperidine rings is 1. The molecule has 0 spiro atoms. The highest BCUT2D eigenvalue weighted by Gasteiger charge is 2.29. The molecule has 2 fully saturated rings. The van der Waals surface area contributed by atoms with Crippen LogP contribution >= 0.6 is 0 Å². The third-order valence-corrected chi connectivity index (χ3v) is 5.59. The summed E-state index contributed by atoms with van der Waals surface area (Å²) in [5.74, 6) is 1.28. The Labute approximate surface area is 160 Å². The molecule has 0 bridgehead atoms. The number of nitrogens with two attached hydrogens (primary N) is 1. The molecule has 3 heterocycles. The summed E-state index contributed by atoms with van der Waals surface area (Å²) >= 11 is 0. The number of anilines is 1. The van der Waals surface area contributed by atoms with Gasteiger partial charge in [-0.1, -0.05) is 6.07 Å². The number of hydrogen-bond donors (Lipinski definition) is 2. The van der Waals surface area contributed by atoms with Crippen molar-refractivity contribution in [1.29, 1.82) is 0 Å². The van der Waals surface area contributed by atoms with Crippen LogP contribution in [0.5, 0.6) is 0 Å². The average molecular weight is 374 g/mol. The van der Waals surface area contributed by atoms with Crippen molar-refractivity contribution >= 4 is 17.8 Å². The number of nitrogens with one attached hydrogen (secondary N) is 1. The van der Waals surface area contributed by atoms with Crippen molar-refractivity contribution in [2.45, 2.75) is 25.8 Å². The number of nitrogens with zero attached hydrogens (tertiary/aromatic N) is 4. The molecule has 2 unspecified atom stereocenters. The van der Waals surface area contributed by atoms with Crippen molar-refractivity contribution < 1.29 is 9.59 Å². The minimum atomic E-state index is -0.786. The first-order valence-electron chi connectivity index (χ1n) is 9.75. The largest absolute Gasteiger partial charge is 0.354 e. The number of imide groups is 1. The number of amides is 3. The fourth-order valence-corrected chi connectivity index (χ4v) is 4.06. The van der Waals surface area contributed by atoms with Gasteiger partial charge in [-0.05, 0) is 44.4 Å². The highest BCUT2D eigenvalue weighted by molar-refractivity contribution is 5.96. The molecule has 3 N–H and O–H groups in total. The van der Waals surface area contributed by atoms with Gasteiger partial charge < -0.3 is 10.6 Å². The number of pyridine rings is 1. The van der Waals surface area contributed by atoms with Gasteiger partial charge in [0, 0.05) is 45.5 Å². The number of carbonyl (C=O) groups excluding carboxylic acids is 2. The van der Waals surface area contributed by atoms with E-state index >= 15 is 0 Å². The molecule has 27 heavy (non-hydrogen) atoms. The standard InChI is InChI=1S/C19H30N6O2/c1-15(18(26)22-19(20)27)25-8-4-5-16(14-25)13-23-9-11-24(12-10-23)17-6-2-3-7-21-17/h2-3,6-7,15-16H,4-5,8-14H2,1H3,(H3,20,22,26,27). The van der Waals surface area contributed by atoms with Gasteiger partial charge in [0.05, 0.1) is 6.04 Å². The lowest BCUT2D eigenvalue weighted by Crippen LogP contribution is -2.53. The normalized spacial score (nSPS) is 23.0. The quantitative estimate of drug-likeness (QED) is 0.779. The molecule has 3 amide bonds. The molecule has 0 aliphatic carbocycles. The molecule has 2 atom stereocenters. The van der Waals surface area contributed by atoms with E-state index in [-0.39, 0.29) is 11.9 Å². The third-order valence-electron chi connectivity index (χ3n) is 5.59. The minimum Gasteiger partial charge on any atom is -0.354 e. The number of rotatable bonds is 5. The first kappa shape index (κ1) is 19.6. The molecule has 2 saturated heterocycles. The van der Waals surface area contributed by atoms with Crippen molar-refractivity contribution in [2.75, 3.05) is 50.7 Å². The second-order valence-electron chi connectivity index (χ2n) is 7.51. The van der Waals surface area contributed by atoms with Crippen molar-refractivity contribution in [3.63, 3.8) is 0 Å². The van der Waals surface area contributed by atoms with E-state index in [2.05, 4.69) is 31.1 Å². The van der Waals surface area contributed by atoms with Crippen LogP contribution in [0.15, 0.2) is 24.4 Å². The van der Waals surface area contributed by atoms with Crippen molar-refractivity contribution in [3.8, 4) is 0 Å². The average Bonchev–Trinajstić information content (AvgIpc) is 2.68. The van der Waals surface area contributed by atoms with Crippen LogP contribution in [0.3, 0.4) is 0 Å². The van der Waals surface area contributed by atoms with E-state index in [1.54, 1.807) is 0 Å². The van der Waals surface area contributed by atoms with E-state index in [9.17, 15) is 9.59 Å². The van der Waals surface area contributed by atoms with E-state index in [1.165, 1.54) is 6.42 Å². The Bertz CT molecular complexity index is 632. The lowest BCUT2D eigenvalue weighted by molar-refractivity contribution is -0.125. The Hall–Kier alpha value is -2.19. The molecular formula is C19H30N6O2. The summed E-state index contributed by atoms with van der Waals surface area (Å²) in [6.45, 7) is 8.71. The molecule has 8 heteroatoms. The molecule has 1 aromatic heterocycles. The molecular weight excluding hydrogens is 344 g/mol. The number of primary amides is 1. The first-order valence-corrected chi connectivity index (χ1v) is 9.75. The Morgan fingerprint density at radius 2 is 2.04 bits per heavy atom. The van der Waals surface area contributed by atoms with Crippen LogP contribution in [-0.2, 0) is 4.79 Å². The van der Waals surface area contributed by atoms with Crippen molar-refractivity contribution in [3.05, 3.63) is 24.4 Å². The van der Waals surface area contributed by atoms with Crippen LogP contribution in [0.2, 0.25) is 0 Å². The fraction of sp³-hybridized carbons (Fsp3) is 0.632. The van der Waals surface area contributed by atoms with Gasteiger partial charge in [0.2, 0.25) is 5.91 Å². The van der Waals surface area contributed by atoms with E-state index in [0.717, 1.165) is 58.1 Å². The molecule has 0 saturated carbocycles. The third kappa shape index (κ3) is 5.40. The first-order chi connectivity index (χ1) is 13.0. The van der Waals surface area contributed by atoms with E-state index in [0.29, 0.717) is 5.92 Å². The van der Waals surface area contributed by atoms with Gasteiger partial charge in [-0.25, -0.2) is 9.78 Å². The highest BCUT2D eigenvalue weighted by atomic mass is 16.2. The van der Waals surface area contributed by atoms with E-state index < -0.39 is 6.03 Å². The molecule has 2 aliphatic rings. The fourth-order valence-electron chi connectivity index (χ4n) is 4.06. The summed E-state index contributed by atoms with van der Waals surface area (Å²) in [5, 5.41) is 2.19. The van der Waals surface area contributed by atoms with Gasteiger partial charge in [0.25, 0.3) is 0 Å². The van der Waals surface area contributed by atoms with Crippen LogP contribution in [0.25, 0.3) is 0 Å². The van der Waals surface area contributed by atoms with Crippen molar-refractivity contribution in [2.24, 2.45) is 11.7 Å². The van der Waals surface area contributed by atoms with Crippen LogP contribution in [-0.4, -0.2) is 78.6 Å². The van der Waals surface area contributed by atoms with Crippen LogP contribution in [0, 0.1) is 5.92 Å². The number of aromatic nitrogens is 1. The number of hydrogen-bond acceptors (Lipinski definition) is 6. The van der Waals surface area contributed by atoms with Crippen molar-refractivity contribution in [1.82, 2.24) is 20.1 Å². The summed E-state index contributed by atoms with van der Waals surface area (Å²) in [4.78, 5) is 34.4. The van der Waals surface area contributed by atoms with Crippen LogP contribution < -0.4 is 16.0 Å². The maximum Gasteiger partial charge on any atom is 0.318 e. The molecule has 0 radical (unpaired) electrons. The molecule has 1 aromatic rings. The van der Waals surface area contributed by atoms with Gasteiger partial charge >= 0.3 is 6.03 Å². The van der Waals surface area contributed by atoms with E-state index in [4.69, 9.17) is 5.73 Å². The van der Waals surface area contributed by atoms with Crippen LogP contribution in [0.1, 0.15) is 19.8 Å². The number of urea groups is 1. The van der Waals surface area contributed by atoms with Gasteiger partial charge in [-0.15, -0.1) is 0 Å². The Kier molecular flexibility index (Phi) is 6.63. The number of carbonyl (C=O) groups is 2. The van der Waals surface area contributed by atoms with Gasteiger partial charge in [-0.3, -0.25) is 19.9 Å². The monoisotopic (exact) mass is 374 g/mol. The summed E-state index contributed by atoms with van der Waals surface area (Å²) < 4.78 is 0. The predicted molar refractivity (Wildman–Crippen MR) is 104 cm³/mol. The molecule has 3 rings (SSSR count). The van der Waals surface area contributed by atoms with Gasteiger partial charge in [0.15, 0.2) is 0 Å². The summed E-state index contributed by atoms with van der Waals surface area (Å²) in [6, 6.07) is 4.92. The summed E-state index contributed by atoms with van der Waals surface area (Å²) in [6.07, 6.45) is 4.10. The lowest BCUT2D eigenvalue weighted by Gasteiger charge is -2.40. The van der Waals surface area contributed by atoms with Gasteiger partial charge in [0.1, 0.15) is 5.82 Å². The Balaban J connectivity index is 1.46. The SMILES string of the molecule is CC(C(=O)NC(N)=O)N1CCCC(CN2CCN(c3ccccn3)CC2)C1. The molecule has 0 aromatic carbocycles. The summed E-state index contributed by atoms with van der Waals surface area (Å²) in [5.41, 5.74) is 5.06. The second-order valence-corrected chi connectivity index (χ2v) is 7.51. The molecule has 2 aliphatic heterocycles. The maximum atomic E-state index is 12.0.